The summed E-state index contributed by atoms with van der Waals surface area (Å²) in [6, 6.07) is -0.625. The van der Waals surface area contributed by atoms with Crippen LogP contribution in [0.2, 0.25) is 0 Å². The van der Waals surface area contributed by atoms with Gasteiger partial charge in [-0.3, -0.25) is 9.59 Å². The lowest BCUT2D eigenvalue weighted by atomic mass is 10.0. The Morgan fingerprint density at radius 1 is 0.303 bits per heavy atom. The highest BCUT2D eigenvalue weighted by Crippen LogP contribution is 2.21. The minimum Gasteiger partial charge on any atom is -0.466 e. The van der Waals surface area contributed by atoms with Gasteiger partial charge in [-0.05, 0) is 32.1 Å². The van der Waals surface area contributed by atoms with E-state index in [1.807, 2.05) is 6.08 Å². The third kappa shape index (κ3) is 75.5. The first-order chi connectivity index (χ1) is 44.0. The van der Waals surface area contributed by atoms with E-state index in [0.29, 0.717) is 19.4 Å². The summed E-state index contributed by atoms with van der Waals surface area (Å²) in [5, 5.41) is 23.3. The standard InChI is InChI=1S/C83H163NO5/c1-3-5-7-9-11-13-15-17-19-20-21-22-23-35-38-41-44-48-51-55-59-63-67-71-75-81(86)80(79-85)84-82(87)76-72-68-64-60-56-52-49-45-42-39-36-33-31-29-27-25-24-26-28-30-32-34-37-40-43-46-50-54-58-62-66-70-74-78-89-83(88)77-73-69-65-61-57-53-47-18-16-14-12-10-8-6-4-2/h71,75,80-81,85-86H,3-70,72-74,76-79H2,1-2H3,(H,84,87)/b75-71+. The maximum absolute atomic E-state index is 12.6. The van der Waals surface area contributed by atoms with Crippen LogP contribution in [0.25, 0.3) is 0 Å². The first kappa shape index (κ1) is 87.6. The van der Waals surface area contributed by atoms with Crippen LogP contribution in [0.4, 0.5) is 0 Å². The monoisotopic (exact) mass is 1250 g/mol. The third-order valence-corrected chi connectivity index (χ3v) is 19.8. The first-order valence-corrected chi connectivity index (χ1v) is 41.5. The van der Waals surface area contributed by atoms with Gasteiger partial charge in [0.05, 0.1) is 25.4 Å². The van der Waals surface area contributed by atoms with E-state index in [0.717, 1.165) is 38.5 Å². The van der Waals surface area contributed by atoms with Crippen molar-refractivity contribution < 1.29 is 24.5 Å². The normalized spacial score (nSPS) is 12.4. The quantitative estimate of drug-likeness (QED) is 0.0320. The van der Waals surface area contributed by atoms with E-state index < -0.39 is 12.1 Å². The Morgan fingerprint density at radius 3 is 0.764 bits per heavy atom. The second-order valence-corrected chi connectivity index (χ2v) is 28.8. The lowest BCUT2D eigenvalue weighted by Gasteiger charge is -2.20. The molecule has 0 aliphatic rings. The second kappa shape index (κ2) is 79.0. The molecule has 0 aromatic carbocycles. The molecule has 0 bridgehead atoms. The van der Waals surface area contributed by atoms with E-state index in [2.05, 4.69) is 19.2 Å². The number of aliphatic hydroxyl groups is 2. The maximum Gasteiger partial charge on any atom is 0.305 e. The Kier molecular flexibility index (Phi) is 77.8. The zero-order valence-electron chi connectivity index (χ0n) is 61.0. The molecule has 0 saturated carbocycles. The lowest BCUT2D eigenvalue weighted by Crippen LogP contribution is -2.45. The van der Waals surface area contributed by atoms with Gasteiger partial charge in [0, 0.05) is 12.8 Å². The van der Waals surface area contributed by atoms with Gasteiger partial charge in [0.15, 0.2) is 0 Å². The summed E-state index contributed by atoms with van der Waals surface area (Å²) >= 11 is 0. The molecule has 0 aromatic heterocycles. The van der Waals surface area contributed by atoms with Gasteiger partial charge in [-0.15, -0.1) is 0 Å². The van der Waals surface area contributed by atoms with Crippen molar-refractivity contribution in [2.75, 3.05) is 13.2 Å². The summed E-state index contributed by atoms with van der Waals surface area (Å²) in [7, 11) is 0. The molecule has 0 radical (unpaired) electrons. The Morgan fingerprint density at radius 2 is 0.517 bits per heavy atom. The molecular formula is C83H163NO5. The number of carbonyl (C=O) groups excluding carboxylic acids is 2. The van der Waals surface area contributed by atoms with Gasteiger partial charge < -0.3 is 20.3 Å². The van der Waals surface area contributed by atoms with Gasteiger partial charge in [0.1, 0.15) is 0 Å². The van der Waals surface area contributed by atoms with E-state index in [1.165, 1.54) is 417 Å². The minimum atomic E-state index is -0.842. The fourth-order valence-electron chi connectivity index (χ4n) is 13.5. The summed E-state index contributed by atoms with van der Waals surface area (Å²) in [4.78, 5) is 24.7. The van der Waals surface area contributed by atoms with Crippen LogP contribution in [0.3, 0.4) is 0 Å². The van der Waals surface area contributed by atoms with Crippen LogP contribution in [0.15, 0.2) is 12.2 Å². The molecule has 89 heavy (non-hydrogen) atoms. The number of aliphatic hydroxyl groups excluding tert-OH is 2. The molecule has 0 aliphatic heterocycles. The summed E-state index contributed by atoms with van der Waals surface area (Å²) < 4.78 is 5.51. The molecule has 0 saturated heterocycles. The van der Waals surface area contributed by atoms with Crippen LogP contribution in [0, 0.1) is 0 Å². The molecule has 6 nitrogen and oxygen atoms in total. The van der Waals surface area contributed by atoms with Gasteiger partial charge in [-0.1, -0.05) is 450 Å². The number of nitrogens with one attached hydrogen (secondary N) is 1. The zero-order valence-corrected chi connectivity index (χ0v) is 61.0. The molecule has 0 fully saturated rings. The van der Waals surface area contributed by atoms with Gasteiger partial charge in [0.25, 0.3) is 0 Å². The van der Waals surface area contributed by atoms with E-state index >= 15 is 0 Å². The molecule has 0 aliphatic carbocycles. The van der Waals surface area contributed by atoms with Crippen molar-refractivity contribution in [2.45, 2.75) is 495 Å². The number of allylic oxidation sites excluding steroid dienone is 1. The van der Waals surface area contributed by atoms with Crippen LogP contribution in [0.5, 0.6) is 0 Å². The summed E-state index contributed by atoms with van der Waals surface area (Å²) in [5.74, 6) is -0.0314. The number of rotatable bonds is 79. The molecule has 0 heterocycles. The van der Waals surface area contributed by atoms with E-state index in [1.54, 1.807) is 6.08 Å². The lowest BCUT2D eigenvalue weighted by molar-refractivity contribution is -0.143. The molecule has 2 unspecified atom stereocenters. The largest absolute Gasteiger partial charge is 0.466 e. The Balaban J connectivity index is 3.34. The van der Waals surface area contributed by atoms with Crippen LogP contribution >= 0.6 is 0 Å². The molecule has 0 spiro atoms. The SMILES string of the molecule is CCCCCCCCCCCCCCCCCCCCCCCC/C=C/C(O)C(CO)NC(=O)CCCCCCCCCCCCCCCCCCCCCCCCCCCCCCCCCCCOC(=O)CCCCCCCCCCCCCCCCC. The Hall–Kier alpha value is -1.40. The first-order valence-electron chi connectivity index (χ1n) is 41.5. The molecule has 2 atom stereocenters. The average molecular weight is 1260 g/mol. The molecular weight excluding hydrogens is 1090 g/mol. The van der Waals surface area contributed by atoms with Crippen molar-refractivity contribution in [3.63, 3.8) is 0 Å². The molecule has 6 heteroatoms. The van der Waals surface area contributed by atoms with Gasteiger partial charge in [0.2, 0.25) is 5.91 Å². The van der Waals surface area contributed by atoms with Crippen LogP contribution in [-0.4, -0.2) is 47.4 Å². The van der Waals surface area contributed by atoms with Crippen molar-refractivity contribution >= 4 is 11.9 Å². The average Bonchev–Trinajstić information content (AvgIpc) is 3.55. The number of carbonyl (C=O) groups is 2. The van der Waals surface area contributed by atoms with Crippen molar-refractivity contribution in [1.82, 2.24) is 5.32 Å². The molecule has 0 rings (SSSR count). The predicted octanol–water partition coefficient (Wildman–Crippen LogP) is 27.4. The van der Waals surface area contributed by atoms with Gasteiger partial charge in [-0.25, -0.2) is 0 Å². The number of unbranched alkanes of at least 4 members (excludes halogenated alkanes) is 68. The number of hydrogen-bond donors (Lipinski definition) is 3. The fraction of sp³-hybridized carbons (Fsp3) is 0.952. The smallest absolute Gasteiger partial charge is 0.305 e. The van der Waals surface area contributed by atoms with Crippen LogP contribution in [0.1, 0.15) is 483 Å². The van der Waals surface area contributed by atoms with Crippen LogP contribution < -0.4 is 5.32 Å². The molecule has 0 aromatic rings. The number of amides is 1. The van der Waals surface area contributed by atoms with Crippen molar-refractivity contribution in [1.29, 1.82) is 0 Å². The highest BCUT2D eigenvalue weighted by Gasteiger charge is 2.18. The summed E-state index contributed by atoms with van der Waals surface area (Å²) in [6.07, 6.45) is 101. The van der Waals surface area contributed by atoms with Crippen molar-refractivity contribution in [3.05, 3.63) is 12.2 Å². The van der Waals surface area contributed by atoms with Crippen molar-refractivity contribution in [2.24, 2.45) is 0 Å². The second-order valence-electron chi connectivity index (χ2n) is 28.8. The Labute approximate surface area is 559 Å². The number of hydrogen-bond acceptors (Lipinski definition) is 5. The maximum atomic E-state index is 12.6. The predicted molar refractivity (Wildman–Crippen MR) is 394 cm³/mol. The highest BCUT2D eigenvalue weighted by atomic mass is 16.5. The molecule has 530 valence electrons. The van der Waals surface area contributed by atoms with E-state index in [-0.39, 0.29) is 18.5 Å². The minimum absolute atomic E-state index is 0.0257. The van der Waals surface area contributed by atoms with Crippen LogP contribution in [-0.2, 0) is 14.3 Å². The van der Waals surface area contributed by atoms with Gasteiger partial charge >= 0.3 is 5.97 Å². The third-order valence-electron chi connectivity index (χ3n) is 19.8. The summed E-state index contributed by atoms with van der Waals surface area (Å²) in [6.45, 7) is 4.97. The van der Waals surface area contributed by atoms with E-state index in [9.17, 15) is 19.8 Å². The fourth-order valence-corrected chi connectivity index (χ4v) is 13.5. The highest BCUT2D eigenvalue weighted by molar-refractivity contribution is 5.76. The number of esters is 1. The Bertz CT molecular complexity index is 1350. The molecule has 3 N–H and O–H groups in total. The molecule has 1 amide bonds. The summed E-state index contributed by atoms with van der Waals surface area (Å²) in [5.41, 5.74) is 0. The van der Waals surface area contributed by atoms with E-state index in [4.69, 9.17) is 4.74 Å². The van der Waals surface area contributed by atoms with Gasteiger partial charge in [-0.2, -0.15) is 0 Å². The van der Waals surface area contributed by atoms with Crippen molar-refractivity contribution in [3.8, 4) is 0 Å². The topological polar surface area (TPSA) is 95.9 Å². The zero-order chi connectivity index (χ0) is 64.2. The number of ether oxygens (including phenoxy) is 1.